The Hall–Kier alpha value is -1.14. The summed E-state index contributed by atoms with van der Waals surface area (Å²) < 4.78 is 0. The molecule has 0 bridgehead atoms. The lowest BCUT2D eigenvalue weighted by Crippen LogP contribution is -2.58. The Morgan fingerprint density at radius 1 is 1.14 bits per heavy atom. The number of carbonyl (C=O) groups excluding carboxylic acids is 2. The monoisotopic (exact) mass is 298 g/mol. The van der Waals surface area contributed by atoms with E-state index < -0.39 is 5.54 Å². The van der Waals surface area contributed by atoms with Crippen LogP contribution in [0.4, 0.5) is 0 Å². The molecule has 1 atom stereocenters. The SMILES string of the molecule is CCCNC(=O)CN1CCN(C(=O)C(C)(N)CCC)CC1. The Kier molecular flexibility index (Phi) is 7.11. The van der Waals surface area contributed by atoms with E-state index in [2.05, 4.69) is 10.2 Å². The molecule has 0 aromatic carbocycles. The van der Waals surface area contributed by atoms with Gasteiger partial charge in [-0.15, -0.1) is 0 Å². The normalized spacial score (nSPS) is 19.1. The second-order valence-corrected chi connectivity index (χ2v) is 6.09. The van der Waals surface area contributed by atoms with E-state index >= 15 is 0 Å². The number of nitrogens with zero attached hydrogens (tertiary/aromatic N) is 2. The summed E-state index contributed by atoms with van der Waals surface area (Å²) >= 11 is 0. The topological polar surface area (TPSA) is 78.7 Å². The summed E-state index contributed by atoms with van der Waals surface area (Å²) in [5, 5.41) is 2.87. The van der Waals surface area contributed by atoms with E-state index in [-0.39, 0.29) is 11.8 Å². The Bertz CT molecular complexity index is 350. The zero-order chi connectivity index (χ0) is 15.9. The number of piperazine rings is 1. The molecular weight excluding hydrogens is 268 g/mol. The molecule has 0 saturated carbocycles. The van der Waals surface area contributed by atoms with Gasteiger partial charge in [0.1, 0.15) is 0 Å². The van der Waals surface area contributed by atoms with Crippen molar-refractivity contribution in [2.45, 2.75) is 45.6 Å². The Morgan fingerprint density at radius 3 is 2.29 bits per heavy atom. The Balaban J connectivity index is 2.38. The van der Waals surface area contributed by atoms with E-state index in [0.29, 0.717) is 26.1 Å². The average molecular weight is 298 g/mol. The molecule has 0 spiro atoms. The molecule has 3 N–H and O–H groups in total. The van der Waals surface area contributed by atoms with Crippen LogP contribution in [0.2, 0.25) is 0 Å². The van der Waals surface area contributed by atoms with Gasteiger partial charge in [0.05, 0.1) is 12.1 Å². The highest BCUT2D eigenvalue weighted by molar-refractivity contribution is 5.85. The first kappa shape index (κ1) is 17.9. The zero-order valence-electron chi connectivity index (χ0n) is 13.7. The molecule has 1 fully saturated rings. The largest absolute Gasteiger partial charge is 0.355 e. The van der Waals surface area contributed by atoms with Crippen molar-refractivity contribution in [3.63, 3.8) is 0 Å². The number of rotatable bonds is 7. The van der Waals surface area contributed by atoms with Crippen molar-refractivity contribution in [3.05, 3.63) is 0 Å². The van der Waals surface area contributed by atoms with Crippen LogP contribution in [0.25, 0.3) is 0 Å². The molecule has 1 saturated heterocycles. The standard InChI is InChI=1S/C15H30N4O2/c1-4-6-15(3,16)14(21)19-10-8-18(9-11-19)12-13(20)17-7-5-2/h4-12,16H2,1-3H3,(H,17,20). The first-order valence-electron chi connectivity index (χ1n) is 7.98. The third-order valence-electron chi connectivity index (χ3n) is 3.86. The van der Waals surface area contributed by atoms with E-state index in [1.165, 1.54) is 0 Å². The van der Waals surface area contributed by atoms with Crippen molar-refractivity contribution < 1.29 is 9.59 Å². The minimum atomic E-state index is -0.768. The molecule has 0 aromatic rings. The summed E-state index contributed by atoms with van der Waals surface area (Å²) in [4.78, 5) is 28.0. The van der Waals surface area contributed by atoms with Crippen LogP contribution >= 0.6 is 0 Å². The first-order chi connectivity index (χ1) is 9.90. The van der Waals surface area contributed by atoms with Crippen molar-refractivity contribution in [1.29, 1.82) is 0 Å². The molecule has 2 amide bonds. The van der Waals surface area contributed by atoms with Crippen LogP contribution in [0.15, 0.2) is 0 Å². The highest BCUT2D eigenvalue weighted by Gasteiger charge is 2.33. The quantitative estimate of drug-likeness (QED) is 0.702. The van der Waals surface area contributed by atoms with Crippen LogP contribution in [0.1, 0.15) is 40.0 Å². The minimum absolute atomic E-state index is 0.0273. The molecule has 0 radical (unpaired) electrons. The molecule has 1 rings (SSSR count). The predicted molar refractivity (Wildman–Crippen MR) is 83.8 cm³/mol. The number of amides is 2. The van der Waals surface area contributed by atoms with Crippen molar-refractivity contribution in [3.8, 4) is 0 Å². The lowest BCUT2D eigenvalue weighted by atomic mass is 9.95. The van der Waals surface area contributed by atoms with Gasteiger partial charge < -0.3 is 16.0 Å². The molecule has 6 nitrogen and oxygen atoms in total. The van der Waals surface area contributed by atoms with E-state index in [0.717, 1.165) is 32.5 Å². The molecule has 0 aliphatic carbocycles. The fourth-order valence-corrected chi connectivity index (χ4v) is 2.62. The molecule has 0 aromatic heterocycles. The molecule has 1 unspecified atom stereocenters. The summed E-state index contributed by atoms with van der Waals surface area (Å²) in [7, 11) is 0. The average Bonchev–Trinajstić information content (AvgIpc) is 2.45. The van der Waals surface area contributed by atoms with E-state index in [1.54, 1.807) is 0 Å². The van der Waals surface area contributed by atoms with Gasteiger partial charge in [-0.3, -0.25) is 14.5 Å². The van der Waals surface area contributed by atoms with Gasteiger partial charge in [-0.25, -0.2) is 0 Å². The summed E-state index contributed by atoms with van der Waals surface area (Å²) in [6.45, 7) is 9.77. The Labute approximate surface area is 128 Å². The number of hydrogen-bond donors (Lipinski definition) is 2. The van der Waals surface area contributed by atoms with Crippen molar-refractivity contribution in [2.75, 3.05) is 39.3 Å². The van der Waals surface area contributed by atoms with Crippen LogP contribution in [-0.2, 0) is 9.59 Å². The summed E-state index contributed by atoms with van der Waals surface area (Å²) in [5.74, 6) is 0.0886. The van der Waals surface area contributed by atoms with Crippen LogP contribution in [0.5, 0.6) is 0 Å². The number of carbonyl (C=O) groups is 2. The first-order valence-corrected chi connectivity index (χ1v) is 7.98. The lowest BCUT2D eigenvalue weighted by Gasteiger charge is -2.38. The number of hydrogen-bond acceptors (Lipinski definition) is 4. The van der Waals surface area contributed by atoms with Gasteiger partial charge in [0.25, 0.3) is 0 Å². The molecular formula is C15H30N4O2. The summed E-state index contributed by atoms with van der Waals surface area (Å²) in [6.07, 6.45) is 2.54. The van der Waals surface area contributed by atoms with Crippen molar-refractivity contribution in [2.24, 2.45) is 5.73 Å². The smallest absolute Gasteiger partial charge is 0.242 e. The van der Waals surface area contributed by atoms with E-state index in [4.69, 9.17) is 5.73 Å². The summed E-state index contributed by atoms with van der Waals surface area (Å²) in [6, 6.07) is 0. The highest BCUT2D eigenvalue weighted by Crippen LogP contribution is 2.14. The van der Waals surface area contributed by atoms with Crippen molar-refractivity contribution >= 4 is 11.8 Å². The van der Waals surface area contributed by atoms with Gasteiger partial charge in [0.2, 0.25) is 11.8 Å². The molecule has 1 heterocycles. The molecule has 1 aliphatic heterocycles. The molecule has 6 heteroatoms. The van der Waals surface area contributed by atoms with Crippen LogP contribution < -0.4 is 11.1 Å². The summed E-state index contributed by atoms with van der Waals surface area (Å²) in [5.41, 5.74) is 5.33. The second-order valence-electron chi connectivity index (χ2n) is 6.09. The van der Waals surface area contributed by atoms with Gasteiger partial charge in [-0.2, -0.15) is 0 Å². The number of nitrogens with one attached hydrogen (secondary N) is 1. The second kappa shape index (κ2) is 8.34. The molecule has 21 heavy (non-hydrogen) atoms. The van der Waals surface area contributed by atoms with Gasteiger partial charge in [0, 0.05) is 32.7 Å². The highest BCUT2D eigenvalue weighted by atomic mass is 16.2. The van der Waals surface area contributed by atoms with Crippen LogP contribution in [0, 0.1) is 0 Å². The fourth-order valence-electron chi connectivity index (χ4n) is 2.62. The fraction of sp³-hybridized carbons (Fsp3) is 0.867. The van der Waals surface area contributed by atoms with Crippen LogP contribution in [0.3, 0.4) is 0 Å². The maximum atomic E-state index is 12.4. The van der Waals surface area contributed by atoms with E-state index in [9.17, 15) is 9.59 Å². The van der Waals surface area contributed by atoms with Crippen molar-refractivity contribution in [1.82, 2.24) is 15.1 Å². The third-order valence-corrected chi connectivity index (χ3v) is 3.86. The van der Waals surface area contributed by atoms with Gasteiger partial charge in [-0.1, -0.05) is 20.3 Å². The van der Waals surface area contributed by atoms with Gasteiger partial charge in [-0.05, 0) is 19.8 Å². The molecule has 1 aliphatic rings. The van der Waals surface area contributed by atoms with Crippen LogP contribution in [-0.4, -0.2) is 66.4 Å². The van der Waals surface area contributed by atoms with Gasteiger partial charge >= 0.3 is 0 Å². The molecule has 122 valence electrons. The maximum Gasteiger partial charge on any atom is 0.242 e. The third kappa shape index (κ3) is 5.63. The zero-order valence-corrected chi connectivity index (χ0v) is 13.7. The Morgan fingerprint density at radius 2 is 1.76 bits per heavy atom. The van der Waals surface area contributed by atoms with Gasteiger partial charge in [0.15, 0.2) is 0 Å². The number of nitrogens with two attached hydrogens (primary N) is 1. The lowest BCUT2D eigenvalue weighted by molar-refractivity contribution is -0.138. The van der Waals surface area contributed by atoms with E-state index in [1.807, 2.05) is 25.7 Å². The maximum absolute atomic E-state index is 12.4. The predicted octanol–water partition coefficient (Wildman–Crippen LogP) is 0.174. The minimum Gasteiger partial charge on any atom is -0.355 e.